The molecular weight excluding hydrogens is 170 g/mol. The van der Waals surface area contributed by atoms with Gasteiger partial charge in [-0.15, -0.1) is 0 Å². The van der Waals surface area contributed by atoms with Gasteiger partial charge in [0.25, 0.3) is 5.56 Å². The lowest BCUT2D eigenvalue weighted by molar-refractivity contribution is 1.17. The van der Waals surface area contributed by atoms with Crippen LogP contribution in [0.2, 0.25) is 0 Å². The van der Waals surface area contributed by atoms with Crippen molar-refractivity contribution in [1.82, 2.24) is 19.9 Å². The number of aromatic amines is 2. The summed E-state index contributed by atoms with van der Waals surface area (Å²) < 4.78 is 0. The molecule has 0 saturated carbocycles. The minimum absolute atomic E-state index is 0. The van der Waals surface area contributed by atoms with Crippen molar-refractivity contribution >= 4 is 40.2 Å². The van der Waals surface area contributed by atoms with E-state index in [9.17, 15) is 4.79 Å². The topological polar surface area (TPSA) is 100 Å². The number of H-pyrrole nitrogens is 2. The van der Waals surface area contributed by atoms with Crippen molar-refractivity contribution in [3.63, 3.8) is 0 Å². The van der Waals surface area contributed by atoms with Crippen molar-refractivity contribution < 1.29 is 0 Å². The van der Waals surface area contributed by atoms with Crippen molar-refractivity contribution in [2.45, 2.75) is 0 Å². The zero-order chi connectivity index (χ0) is 7.84. The molecule has 0 atom stereocenters. The highest BCUT2D eigenvalue weighted by atomic mass is 24.3. The molecule has 2 aromatic heterocycles. The highest BCUT2D eigenvalue weighted by Gasteiger charge is 2.01. The van der Waals surface area contributed by atoms with E-state index < -0.39 is 0 Å². The molecule has 0 spiro atoms. The summed E-state index contributed by atoms with van der Waals surface area (Å²) in [6.07, 6.45) is 1.40. The second-order valence-electron chi connectivity index (χ2n) is 2.05. The van der Waals surface area contributed by atoms with Crippen LogP contribution in [-0.2, 0) is 0 Å². The second-order valence-corrected chi connectivity index (χ2v) is 2.05. The van der Waals surface area contributed by atoms with Gasteiger partial charge in [0.15, 0.2) is 11.2 Å². The van der Waals surface area contributed by atoms with Gasteiger partial charge in [-0.1, -0.05) is 0 Å². The maximum atomic E-state index is 11.0. The van der Waals surface area contributed by atoms with Crippen LogP contribution in [0.3, 0.4) is 0 Å². The van der Waals surface area contributed by atoms with Crippen LogP contribution >= 0.6 is 0 Å². The van der Waals surface area contributed by atoms with Crippen LogP contribution in [0.25, 0.3) is 11.2 Å². The van der Waals surface area contributed by atoms with Crippen LogP contribution in [-0.4, -0.2) is 43.0 Å². The Kier molecular flexibility index (Phi) is 2.34. The number of fused-ring (bicyclic) bond motifs is 1. The number of nitrogen functional groups attached to an aromatic ring is 1. The highest BCUT2D eigenvalue weighted by Crippen LogP contribution is 1.98. The molecule has 0 unspecified atom stereocenters. The fourth-order valence-corrected chi connectivity index (χ4v) is 0.863. The van der Waals surface area contributed by atoms with Gasteiger partial charge >= 0.3 is 23.1 Å². The molecule has 2 rings (SSSR count). The van der Waals surface area contributed by atoms with Crippen molar-refractivity contribution in [2.75, 3.05) is 5.73 Å². The average Bonchev–Trinajstić information content (AvgIpc) is 2.34. The molecule has 60 valence electrons. The van der Waals surface area contributed by atoms with Gasteiger partial charge in [0.2, 0.25) is 5.95 Å². The average molecular weight is 177 g/mol. The summed E-state index contributed by atoms with van der Waals surface area (Å²) in [4.78, 5) is 23.6. The summed E-state index contributed by atoms with van der Waals surface area (Å²) in [6.45, 7) is 0. The van der Waals surface area contributed by atoms with E-state index in [1.54, 1.807) is 0 Å². The standard InChI is InChI=1S/C5H5N5O.Mg.2H/c6-5-9-3-2(4(11)10-5)7-1-8-3;;;/h1H,(H4,6,7,8,9,10,11);;;. The van der Waals surface area contributed by atoms with E-state index >= 15 is 0 Å². The lowest BCUT2D eigenvalue weighted by atomic mass is 10.5. The molecule has 7 heteroatoms. The second kappa shape index (κ2) is 3.11. The molecule has 12 heavy (non-hydrogen) atoms. The van der Waals surface area contributed by atoms with E-state index in [0.29, 0.717) is 5.65 Å². The third-order valence-corrected chi connectivity index (χ3v) is 1.31. The van der Waals surface area contributed by atoms with Gasteiger partial charge in [-0.05, 0) is 0 Å². The van der Waals surface area contributed by atoms with Gasteiger partial charge in [0, 0.05) is 0 Å². The molecule has 0 aliphatic rings. The molecule has 4 N–H and O–H groups in total. The van der Waals surface area contributed by atoms with Crippen LogP contribution in [0, 0.1) is 0 Å². The summed E-state index contributed by atoms with van der Waals surface area (Å²) >= 11 is 0. The SMILES string of the molecule is Nc1nc2[nH]cnc2c(=O)[nH]1.[MgH2]. The lowest BCUT2D eigenvalue weighted by Gasteiger charge is -1.89. The maximum absolute atomic E-state index is 11.0. The summed E-state index contributed by atoms with van der Waals surface area (Å²) in [7, 11) is 0. The fraction of sp³-hybridized carbons (Fsp3) is 0. The maximum Gasteiger partial charge on any atom is 0.316 e. The first-order valence-corrected chi connectivity index (χ1v) is 2.96. The van der Waals surface area contributed by atoms with E-state index in [-0.39, 0.29) is 40.1 Å². The number of nitrogens with one attached hydrogen (secondary N) is 2. The number of nitrogens with zero attached hydrogens (tertiary/aromatic N) is 2. The van der Waals surface area contributed by atoms with E-state index in [1.165, 1.54) is 6.33 Å². The largest absolute Gasteiger partial charge is 0.369 e. The Morgan fingerprint density at radius 1 is 1.50 bits per heavy atom. The third kappa shape index (κ3) is 1.28. The molecule has 0 bridgehead atoms. The van der Waals surface area contributed by atoms with Crippen LogP contribution in [0.5, 0.6) is 0 Å². The quantitative estimate of drug-likeness (QED) is 0.418. The van der Waals surface area contributed by atoms with Crippen molar-refractivity contribution in [3.8, 4) is 0 Å². The number of rotatable bonds is 0. The molecule has 0 fully saturated rings. The van der Waals surface area contributed by atoms with E-state index in [1.807, 2.05) is 0 Å². The number of aromatic nitrogens is 4. The van der Waals surface area contributed by atoms with Gasteiger partial charge < -0.3 is 10.7 Å². The number of hydrogen-bond donors (Lipinski definition) is 3. The van der Waals surface area contributed by atoms with Crippen LogP contribution in [0.1, 0.15) is 0 Å². The molecule has 0 aliphatic carbocycles. The van der Waals surface area contributed by atoms with Gasteiger partial charge in [-0.25, -0.2) is 4.98 Å². The summed E-state index contributed by atoms with van der Waals surface area (Å²) in [6, 6.07) is 0. The Hall–Kier alpha value is -1.08. The Labute approximate surface area is 82.8 Å². The summed E-state index contributed by atoms with van der Waals surface area (Å²) in [5.41, 5.74) is 5.63. The minimum Gasteiger partial charge on any atom is -0.369 e. The van der Waals surface area contributed by atoms with E-state index in [2.05, 4.69) is 19.9 Å². The van der Waals surface area contributed by atoms with E-state index in [4.69, 9.17) is 5.73 Å². The van der Waals surface area contributed by atoms with Gasteiger partial charge in [-0.3, -0.25) is 9.78 Å². The zero-order valence-corrected chi connectivity index (χ0v) is 5.46. The molecule has 0 saturated heterocycles. The number of nitrogens with two attached hydrogens (primary N) is 1. The first-order valence-electron chi connectivity index (χ1n) is 2.96. The molecule has 2 heterocycles. The molecule has 0 aromatic carbocycles. The lowest BCUT2D eigenvalue weighted by Crippen LogP contribution is -2.10. The normalized spacial score (nSPS) is 9.67. The Morgan fingerprint density at radius 2 is 2.25 bits per heavy atom. The van der Waals surface area contributed by atoms with E-state index in [0.717, 1.165) is 0 Å². The monoisotopic (exact) mass is 177 g/mol. The first kappa shape index (κ1) is 9.01. The Morgan fingerprint density at radius 3 is 3.00 bits per heavy atom. The molecule has 6 nitrogen and oxygen atoms in total. The molecule has 0 aliphatic heterocycles. The number of anilines is 1. The zero-order valence-electron chi connectivity index (χ0n) is 5.46. The van der Waals surface area contributed by atoms with Gasteiger partial charge in [0.1, 0.15) is 0 Å². The summed E-state index contributed by atoms with van der Waals surface area (Å²) in [5.74, 6) is 0.0896. The predicted octanol–water partition coefficient (Wildman–Crippen LogP) is -1.69. The molecular formula is C5H7MgN5O. The van der Waals surface area contributed by atoms with Crippen molar-refractivity contribution in [3.05, 3.63) is 16.7 Å². The van der Waals surface area contributed by atoms with Crippen molar-refractivity contribution in [2.24, 2.45) is 0 Å². The Bertz CT molecular complexity index is 446. The number of hydrogen-bond acceptors (Lipinski definition) is 4. The minimum atomic E-state index is -0.325. The van der Waals surface area contributed by atoms with Crippen LogP contribution in [0.4, 0.5) is 5.95 Å². The van der Waals surface area contributed by atoms with Gasteiger partial charge in [0.05, 0.1) is 6.33 Å². The predicted molar refractivity (Wildman–Crippen MR) is 47.5 cm³/mol. The van der Waals surface area contributed by atoms with Crippen LogP contribution in [0.15, 0.2) is 11.1 Å². The smallest absolute Gasteiger partial charge is 0.316 e. The van der Waals surface area contributed by atoms with Gasteiger partial charge in [-0.2, -0.15) is 4.98 Å². The van der Waals surface area contributed by atoms with Crippen molar-refractivity contribution in [1.29, 1.82) is 0 Å². The number of imidazole rings is 1. The molecule has 0 amide bonds. The fourth-order valence-electron chi connectivity index (χ4n) is 0.863. The first-order chi connectivity index (χ1) is 5.27. The third-order valence-electron chi connectivity index (χ3n) is 1.31. The van der Waals surface area contributed by atoms with Crippen LogP contribution < -0.4 is 11.3 Å². The molecule has 0 radical (unpaired) electrons. The Balaban J connectivity index is 0.000000720. The summed E-state index contributed by atoms with van der Waals surface area (Å²) in [5, 5.41) is 0. The molecule has 2 aromatic rings. The highest BCUT2D eigenvalue weighted by molar-refractivity contribution is 5.75.